The Balaban J connectivity index is 3.04. The van der Waals surface area contributed by atoms with Crippen molar-refractivity contribution in [3.63, 3.8) is 0 Å². The predicted molar refractivity (Wildman–Crippen MR) is 142 cm³/mol. The highest BCUT2D eigenvalue weighted by Crippen LogP contribution is 2.15. The number of ether oxygens (including phenoxy) is 1. The topological polar surface area (TPSA) is 26.3 Å². The van der Waals surface area contributed by atoms with E-state index in [0.717, 1.165) is 19.3 Å². The van der Waals surface area contributed by atoms with Crippen LogP contribution in [0.25, 0.3) is 0 Å². The average Bonchev–Trinajstić information content (AvgIpc) is 2.80. The summed E-state index contributed by atoms with van der Waals surface area (Å²) < 4.78 is 5.25. The Bertz CT molecular complexity index is 353. The molecule has 0 heterocycles. The van der Waals surface area contributed by atoms with Gasteiger partial charge in [0.15, 0.2) is 0 Å². The Morgan fingerprint density at radius 2 is 0.688 bits per heavy atom. The van der Waals surface area contributed by atoms with Gasteiger partial charge in [-0.15, -0.1) is 0 Å². The smallest absolute Gasteiger partial charge is 0.305 e. The second kappa shape index (κ2) is 28.5. The van der Waals surface area contributed by atoms with Crippen LogP contribution in [-0.2, 0) is 9.53 Å². The van der Waals surface area contributed by atoms with Gasteiger partial charge in [-0.2, -0.15) is 0 Å². The molecule has 0 aliphatic rings. The van der Waals surface area contributed by atoms with Gasteiger partial charge in [0.2, 0.25) is 0 Å². The van der Waals surface area contributed by atoms with Gasteiger partial charge in [0.05, 0.1) is 6.61 Å². The monoisotopic (exact) mass is 452 g/mol. The lowest BCUT2D eigenvalue weighted by Crippen LogP contribution is -2.05. The largest absolute Gasteiger partial charge is 0.466 e. The molecular weight excluding hydrogens is 392 g/mol. The van der Waals surface area contributed by atoms with Gasteiger partial charge in [-0.05, 0) is 12.8 Å². The first-order valence-electron chi connectivity index (χ1n) is 15.0. The van der Waals surface area contributed by atoms with Crippen molar-refractivity contribution in [1.82, 2.24) is 0 Å². The Morgan fingerprint density at radius 1 is 0.406 bits per heavy atom. The van der Waals surface area contributed by atoms with Gasteiger partial charge in [0.1, 0.15) is 0 Å². The third-order valence-corrected chi connectivity index (χ3v) is 6.75. The maximum absolute atomic E-state index is 11.4. The normalized spacial score (nSPS) is 11.2. The van der Waals surface area contributed by atoms with Gasteiger partial charge in [-0.25, -0.2) is 0 Å². The van der Waals surface area contributed by atoms with Crippen LogP contribution >= 0.6 is 0 Å². The molecule has 0 saturated carbocycles. The highest BCUT2D eigenvalue weighted by atomic mass is 16.5. The van der Waals surface area contributed by atoms with Crippen molar-refractivity contribution < 1.29 is 9.53 Å². The van der Waals surface area contributed by atoms with Crippen molar-refractivity contribution in [2.24, 2.45) is 0 Å². The molecule has 0 N–H and O–H groups in total. The van der Waals surface area contributed by atoms with Crippen molar-refractivity contribution in [2.75, 3.05) is 6.61 Å². The minimum atomic E-state index is -0.00865. The van der Waals surface area contributed by atoms with E-state index in [1.54, 1.807) is 0 Å². The molecule has 0 aromatic rings. The van der Waals surface area contributed by atoms with E-state index >= 15 is 0 Å². The SMILES string of the molecule is CCCCCCCCCCCCCCCCCCCCCCCCCOC(=O)CCCC. The third kappa shape index (κ3) is 27.5. The van der Waals surface area contributed by atoms with E-state index in [1.165, 1.54) is 141 Å². The zero-order chi connectivity index (χ0) is 23.4. The molecule has 0 saturated heterocycles. The van der Waals surface area contributed by atoms with Crippen molar-refractivity contribution in [1.29, 1.82) is 0 Å². The number of hydrogen-bond donors (Lipinski definition) is 0. The van der Waals surface area contributed by atoms with E-state index in [-0.39, 0.29) is 5.97 Å². The van der Waals surface area contributed by atoms with Crippen LogP contribution in [0.1, 0.15) is 181 Å². The van der Waals surface area contributed by atoms with Crippen LogP contribution in [0.4, 0.5) is 0 Å². The summed E-state index contributed by atoms with van der Waals surface area (Å²) in [6, 6.07) is 0. The zero-order valence-corrected chi connectivity index (χ0v) is 22.4. The van der Waals surface area contributed by atoms with E-state index in [1.807, 2.05) is 0 Å². The van der Waals surface area contributed by atoms with Crippen LogP contribution in [0.5, 0.6) is 0 Å². The van der Waals surface area contributed by atoms with Crippen LogP contribution in [0.3, 0.4) is 0 Å². The molecule has 0 radical (unpaired) electrons. The summed E-state index contributed by atoms with van der Waals surface area (Å²) in [7, 11) is 0. The van der Waals surface area contributed by atoms with Crippen molar-refractivity contribution >= 4 is 5.97 Å². The number of unbranched alkanes of at least 4 members (excludes halogenated alkanes) is 23. The lowest BCUT2D eigenvalue weighted by Gasteiger charge is -2.05. The maximum Gasteiger partial charge on any atom is 0.305 e. The van der Waals surface area contributed by atoms with Gasteiger partial charge in [0, 0.05) is 6.42 Å². The second-order valence-electron chi connectivity index (χ2n) is 10.1. The number of carbonyl (C=O) groups excluding carboxylic acids is 1. The number of hydrogen-bond acceptors (Lipinski definition) is 2. The molecule has 0 spiro atoms. The lowest BCUT2D eigenvalue weighted by atomic mass is 10.0. The molecule has 0 fully saturated rings. The maximum atomic E-state index is 11.4. The summed E-state index contributed by atoms with van der Waals surface area (Å²) in [5.41, 5.74) is 0. The van der Waals surface area contributed by atoms with Gasteiger partial charge >= 0.3 is 5.97 Å². The summed E-state index contributed by atoms with van der Waals surface area (Å²) in [5, 5.41) is 0. The quantitative estimate of drug-likeness (QED) is 0.0914. The van der Waals surface area contributed by atoms with Gasteiger partial charge in [0.25, 0.3) is 0 Å². The van der Waals surface area contributed by atoms with E-state index in [0.29, 0.717) is 13.0 Å². The van der Waals surface area contributed by atoms with E-state index in [9.17, 15) is 4.79 Å². The Kier molecular flexibility index (Phi) is 28.0. The first kappa shape index (κ1) is 31.5. The predicted octanol–water partition coefficient (Wildman–Crippen LogP) is 10.7. The number of carbonyl (C=O) groups is 1. The molecule has 0 bridgehead atoms. The van der Waals surface area contributed by atoms with Crippen molar-refractivity contribution in [3.05, 3.63) is 0 Å². The van der Waals surface area contributed by atoms with E-state index < -0.39 is 0 Å². The molecule has 0 aliphatic heterocycles. The zero-order valence-electron chi connectivity index (χ0n) is 22.4. The molecule has 192 valence electrons. The van der Waals surface area contributed by atoms with Gasteiger partial charge in [-0.3, -0.25) is 4.79 Å². The lowest BCUT2D eigenvalue weighted by molar-refractivity contribution is -0.143. The molecular formula is C30H60O2. The van der Waals surface area contributed by atoms with Gasteiger partial charge < -0.3 is 4.74 Å². The summed E-state index contributed by atoms with van der Waals surface area (Å²) in [4.78, 5) is 11.4. The van der Waals surface area contributed by atoms with E-state index in [2.05, 4.69) is 13.8 Å². The Labute approximate surface area is 203 Å². The Hall–Kier alpha value is -0.530. The van der Waals surface area contributed by atoms with E-state index in [4.69, 9.17) is 4.74 Å². The fraction of sp³-hybridized carbons (Fsp3) is 0.967. The van der Waals surface area contributed by atoms with Crippen LogP contribution in [0, 0.1) is 0 Å². The number of esters is 1. The molecule has 0 aromatic carbocycles. The highest BCUT2D eigenvalue weighted by Gasteiger charge is 2.01. The minimum Gasteiger partial charge on any atom is -0.466 e. The average molecular weight is 453 g/mol. The first-order valence-corrected chi connectivity index (χ1v) is 15.0. The summed E-state index contributed by atoms with van der Waals surface area (Å²) in [6.07, 6.45) is 35.0. The van der Waals surface area contributed by atoms with Crippen LogP contribution in [0.15, 0.2) is 0 Å². The fourth-order valence-corrected chi connectivity index (χ4v) is 4.47. The van der Waals surface area contributed by atoms with Crippen molar-refractivity contribution in [2.45, 2.75) is 181 Å². The molecule has 0 unspecified atom stereocenters. The molecule has 0 atom stereocenters. The molecule has 0 aliphatic carbocycles. The summed E-state index contributed by atoms with van der Waals surface area (Å²) >= 11 is 0. The van der Waals surface area contributed by atoms with Crippen molar-refractivity contribution in [3.8, 4) is 0 Å². The molecule has 0 aromatic heterocycles. The molecule has 0 rings (SSSR count). The molecule has 2 heteroatoms. The van der Waals surface area contributed by atoms with Gasteiger partial charge in [-0.1, -0.05) is 162 Å². The second-order valence-corrected chi connectivity index (χ2v) is 10.1. The summed E-state index contributed by atoms with van der Waals surface area (Å²) in [6.45, 7) is 5.03. The standard InChI is InChI=1S/C30H60O2/c1-3-5-7-8-9-10-11-12-13-14-15-16-17-18-19-20-21-22-23-24-25-26-27-29-32-30(31)28-6-4-2/h3-29H2,1-2H3. The third-order valence-electron chi connectivity index (χ3n) is 6.75. The van der Waals surface area contributed by atoms with Crippen LogP contribution < -0.4 is 0 Å². The summed E-state index contributed by atoms with van der Waals surface area (Å²) in [5.74, 6) is -0.00865. The van der Waals surface area contributed by atoms with Crippen LogP contribution in [-0.4, -0.2) is 12.6 Å². The van der Waals surface area contributed by atoms with Crippen LogP contribution in [0.2, 0.25) is 0 Å². The molecule has 0 amide bonds. The fourth-order valence-electron chi connectivity index (χ4n) is 4.47. The first-order chi connectivity index (χ1) is 15.8. The molecule has 32 heavy (non-hydrogen) atoms. The molecule has 2 nitrogen and oxygen atoms in total. The number of rotatable bonds is 27. The Morgan fingerprint density at radius 3 is 1.00 bits per heavy atom. The minimum absolute atomic E-state index is 0.00865. The highest BCUT2D eigenvalue weighted by molar-refractivity contribution is 5.69.